The van der Waals surface area contributed by atoms with E-state index in [1.807, 2.05) is 18.2 Å². The predicted octanol–water partition coefficient (Wildman–Crippen LogP) is 2.81. The largest absolute Gasteiger partial charge is 0.491 e. The molecule has 0 saturated heterocycles. The lowest BCUT2D eigenvalue weighted by atomic mass is 10.1. The molecule has 1 aliphatic rings. The minimum atomic E-state index is 0.107. The number of fused-ring (bicyclic) bond motifs is 1. The second kappa shape index (κ2) is 4.62. The lowest BCUT2D eigenvalue weighted by Gasteiger charge is -2.12. The van der Waals surface area contributed by atoms with Crippen molar-refractivity contribution >= 4 is 5.82 Å². The Labute approximate surface area is 111 Å². The van der Waals surface area contributed by atoms with Crippen LogP contribution in [0.4, 0.5) is 5.82 Å². The molecule has 1 aromatic heterocycles. The zero-order chi connectivity index (χ0) is 13.2. The smallest absolute Gasteiger partial charge is 0.126 e. The molecule has 0 fully saturated rings. The van der Waals surface area contributed by atoms with Crippen LogP contribution in [0.15, 0.2) is 36.5 Å². The fourth-order valence-electron chi connectivity index (χ4n) is 2.18. The predicted molar refractivity (Wildman–Crippen MR) is 72.0 cm³/mol. The molecule has 4 heteroatoms. The second-order valence-electron chi connectivity index (χ2n) is 4.59. The summed E-state index contributed by atoms with van der Waals surface area (Å²) in [5.41, 5.74) is 2.93. The molecule has 2 aromatic rings. The maximum absolute atomic E-state index is 8.74. The van der Waals surface area contributed by atoms with Gasteiger partial charge in [0, 0.05) is 11.8 Å². The van der Waals surface area contributed by atoms with E-state index in [9.17, 15) is 0 Å². The molecule has 0 bridgehead atoms. The van der Waals surface area contributed by atoms with E-state index >= 15 is 0 Å². The highest BCUT2D eigenvalue weighted by molar-refractivity contribution is 5.48. The first-order chi connectivity index (χ1) is 9.26. The van der Waals surface area contributed by atoms with Gasteiger partial charge in [-0.1, -0.05) is 17.7 Å². The second-order valence-corrected chi connectivity index (χ2v) is 4.59. The number of hydrogen-bond acceptors (Lipinski definition) is 4. The maximum atomic E-state index is 8.74. The summed E-state index contributed by atoms with van der Waals surface area (Å²) < 4.78 is 5.64. The van der Waals surface area contributed by atoms with E-state index in [0.717, 1.165) is 17.1 Å². The van der Waals surface area contributed by atoms with Crippen molar-refractivity contribution < 1.29 is 4.74 Å². The van der Waals surface area contributed by atoms with E-state index in [1.54, 1.807) is 12.3 Å². The molecule has 3 rings (SSSR count). The standard InChI is InChI=1S/C15H13N3O/c1-10-2-4-14-12(6-10)13(9-19-14)18-15-5-3-11(7-16)8-17-15/h2-6,8,13H,9H2,1H3,(H,17,18)/t13-/m0/s1. The van der Waals surface area contributed by atoms with Gasteiger partial charge in [-0.05, 0) is 25.1 Å². The molecule has 19 heavy (non-hydrogen) atoms. The molecule has 94 valence electrons. The van der Waals surface area contributed by atoms with Crippen LogP contribution in [0.5, 0.6) is 5.75 Å². The fourth-order valence-corrected chi connectivity index (χ4v) is 2.18. The van der Waals surface area contributed by atoms with E-state index in [0.29, 0.717) is 12.2 Å². The molecule has 0 amide bonds. The van der Waals surface area contributed by atoms with Crippen LogP contribution in [0, 0.1) is 18.3 Å². The third kappa shape index (κ3) is 2.23. The van der Waals surface area contributed by atoms with Gasteiger partial charge >= 0.3 is 0 Å². The Morgan fingerprint density at radius 3 is 3.00 bits per heavy atom. The van der Waals surface area contributed by atoms with Crippen LogP contribution < -0.4 is 10.1 Å². The number of rotatable bonds is 2. The first-order valence-electron chi connectivity index (χ1n) is 6.12. The Bertz CT molecular complexity index is 643. The molecule has 0 aliphatic carbocycles. The van der Waals surface area contributed by atoms with E-state index in [1.165, 1.54) is 5.56 Å². The van der Waals surface area contributed by atoms with Crippen molar-refractivity contribution in [3.63, 3.8) is 0 Å². The quantitative estimate of drug-likeness (QED) is 0.891. The van der Waals surface area contributed by atoms with Gasteiger partial charge in [0.05, 0.1) is 11.6 Å². The molecule has 1 aromatic carbocycles. The number of ether oxygens (including phenoxy) is 1. The van der Waals surface area contributed by atoms with Gasteiger partial charge in [-0.15, -0.1) is 0 Å². The Morgan fingerprint density at radius 2 is 2.26 bits per heavy atom. The summed E-state index contributed by atoms with van der Waals surface area (Å²) in [4.78, 5) is 4.22. The van der Waals surface area contributed by atoms with Crippen LogP contribution in [0.2, 0.25) is 0 Å². The molecule has 2 heterocycles. The average molecular weight is 251 g/mol. The first-order valence-corrected chi connectivity index (χ1v) is 6.12. The zero-order valence-corrected chi connectivity index (χ0v) is 10.6. The summed E-state index contributed by atoms with van der Waals surface area (Å²) in [7, 11) is 0. The average Bonchev–Trinajstić information content (AvgIpc) is 2.82. The Kier molecular flexibility index (Phi) is 2.81. The zero-order valence-electron chi connectivity index (χ0n) is 10.6. The van der Waals surface area contributed by atoms with Gasteiger partial charge in [-0.25, -0.2) is 4.98 Å². The van der Waals surface area contributed by atoms with Crippen LogP contribution in [-0.2, 0) is 0 Å². The highest BCUT2D eigenvalue weighted by Crippen LogP contribution is 2.34. The van der Waals surface area contributed by atoms with Crippen LogP contribution in [0.1, 0.15) is 22.7 Å². The molecule has 1 aliphatic heterocycles. The summed E-state index contributed by atoms with van der Waals surface area (Å²) in [6.45, 7) is 2.66. The minimum absolute atomic E-state index is 0.107. The van der Waals surface area contributed by atoms with E-state index in [-0.39, 0.29) is 6.04 Å². The Morgan fingerprint density at radius 1 is 1.37 bits per heavy atom. The number of aromatic nitrogens is 1. The van der Waals surface area contributed by atoms with Gasteiger partial charge < -0.3 is 10.1 Å². The topological polar surface area (TPSA) is 57.9 Å². The van der Waals surface area contributed by atoms with Crippen molar-refractivity contribution in [2.75, 3.05) is 11.9 Å². The molecule has 1 N–H and O–H groups in total. The summed E-state index contributed by atoms with van der Waals surface area (Å²) >= 11 is 0. The van der Waals surface area contributed by atoms with Gasteiger partial charge in [-0.2, -0.15) is 5.26 Å². The van der Waals surface area contributed by atoms with Gasteiger partial charge in [0.15, 0.2) is 0 Å². The number of nitrogens with one attached hydrogen (secondary N) is 1. The molecular weight excluding hydrogens is 238 g/mol. The lowest BCUT2D eigenvalue weighted by Crippen LogP contribution is -2.12. The number of benzene rings is 1. The van der Waals surface area contributed by atoms with E-state index in [4.69, 9.17) is 10.00 Å². The van der Waals surface area contributed by atoms with Crippen molar-refractivity contribution in [3.05, 3.63) is 53.2 Å². The SMILES string of the molecule is Cc1ccc2c(c1)[C@@H](Nc1ccc(C#N)cn1)CO2. The van der Waals surface area contributed by atoms with Crippen LogP contribution in [0.3, 0.4) is 0 Å². The Balaban J connectivity index is 1.82. The van der Waals surface area contributed by atoms with Crippen LogP contribution in [0.25, 0.3) is 0 Å². The fraction of sp³-hybridized carbons (Fsp3) is 0.200. The summed E-state index contributed by atoms with van der Waals surface area (Å²) in [5.74, 6) is 1.68. The van der Waals surface area contributed by atoms with Crippen molar-refractivity contribution in [1.29, 1.82) is 5.26 Å². The minimum Gasteiger partial charge on any atom is -0.491 e. The number of nitriles is 1. The number of aryl methyl sites for hydroxylation is 1. The normalized spacial score (nSPS) is 16.3. The number of hydrogen-bond donors (Lipinski definition) is 1. The first kappa shape index (κ1) is 11.5. The molecule has 0 spiro atoms. The molecule has 0 radical (unpaired) electrons. The lowest BCUT2D eigenvalue weighted by molar-refractivity contribution is 0.339. The summed E-state index contributed by atoms with van der Waals surface area (Å²) in [6.07, 6.45) is 1.56. The number of anilines is 1. The molecule has 0 saturated carbocycles. The van der Waals surface area contributed by atoms with Crippen molar-refractivity contribution in [1.82, 2.24) is 4.98 Å². The monoisotopic (exact) mass is 251 g/mol. The molecule has 4 nitrogen and oxygen atoms in total. The summed E-state index contributed by atoms with van der Waals surface area (Å²) in [5, 5.41) is 12.1. The van der Waals surface area contributed by atoms with Gasteiger partial charge in [0.1, 0.15) is 24.2 Å². The molecule has 0 unspecified atom stereocenters. The van der Waals surface area contributed by atoms with Gasteiger partial charge in [-0.3, -0.25) is 0 Å². The van der Waals surface area contributed by atoms with Crippen LogP contribution in [-0.4, -0.2) is 11.6 Å². The molecule has 1 atom stereocenters. The Hall–Kier alpha value is -2.54. The number of pyridine rings is 1. The highest BCUT2D eigenvalue weighted by Gasteiger charge is 2.24. The third-order valence-corrected chi connectivity index (χ3v) is 3.16. The van der Waals surface area contributed by atoms with Gasteiger partial charge in [0.2, 0.25) is 0 Å². The molecular formula is C15H13N3O. The van der Waals surface area contributed by atoms with Crippen molar-refractivity contribution in [2.24, 2.45) is 0 Å². The summed E-state index contributed by atoms with van der Waals surface area (Å²) in [6, 6.07) is 11.9. The van der Waals surface area contributed by atoms with Crippen LogP contribution >= 0.6 is 0 Å². The van der Waals surface area contributed by atoms with Crippen molar-refractivity contribution in [2.45, 2.75) is 13.0 Å². The van der Waals surface area contributed by atoms with Crippen molar-refractivity contribution in [3.8, 4) is 11.8 Å². The highest BCUT2D eigenvalue weighted by atomic mass is 16.5. The van der Waals surface area contributed by atoms with Gasteiger partial charge in [0.25, 0.3) is 0 Å². The third-order valence-electron chi connectivity index (χ3n) is 3.16. The van der Waals surface area contributed by atoms with E-state index < -0.39 is 0 Å². The maximum Gasteiger partial charge on any atom is 0.126 e. The number of nitrogens with zero attached hydrogens (tertiary/aromatic N) is 2. The van der Waals surface area contributed by atoms with E-state index in [2.05, 4.69) is 29.4 Å².